The first kappa shape index (κ1) is 38.9. The molecule has 0 amide bonds. The third-order valence-corrected chi connectivity index (χ3v) is 10.4. The number of rotatable bonds is 16. The zero-order valence-corrected chi connectivity index (χ0v) is 32.3. The molecule has 1 atom stereocenters. The topological polar surface area (TPSA) is 93.9 Å². The first-order valence-corrected chi connectivity index (χ1v) is 19.2. The van der Waals surface area contributed by atoms with Crippen LogP contribution < -0.4 is 9.64 Å². The largest absolute Gasteiger partial charge is 0.488 e. The van der Waals surface area contributed by atoms with E-state index in [1.165, 1.54) is 0 Å². The van der Waals surface area contributed by atoms with Crippen LogP contribution in [0.5, 0.6) is 5.75 Å². The maximum atomic E-state index is 9.64. The molecule has 0 aliphatic carbocycles. The molecule has 1 aliphatic heterocycles. The number of benzene rings is 3. The molecule has 1 N–H and O–H groups in total. The van der Waals surface area contributed by atoms with Crippen LogP contribution in [0.25, 0.3) is 23.1 Å². The van der Waals surface area contributed by atoms with Crippen LogP contribution in [-0.4, -0.2) is 24.8 Å². The Balaban J connectivity index is 1.44. The second-order valence-corrected chi connectivity index (χ2v) is 14.7. The number of nitrogens with zero attached hydrogens (tertiary/aromatic N) is 4. The van der Waals surface area contributed by atoms with Gasteiger partial charge in [0, 0.05) is 56.8 Å². The number of nitriles is 2. The minimum atomic E-state index is -1.10. The molecule has 2 heterocycles. The van der Waals surface area contributed by atoms with E-state index in [0.29, 0.717) is 12.2 Å². The SMILES string of the molecule is [C-]#[N+]C1=C(/C=C/c2ccc(/C=C/c3ccc(N(CCCC)CCCCO)cc3OCc3ccccc3)s2)C(C)(c2cccc(Br)c2)OC1=C(C#N)C#N. The summed E-state index contributed by atoms with van der Waals surface area (Å²) in [4.78, 5) is 8.11. The molecule has 1 unspecified atom stereocenters. The molecule has 53 heavy (non-hydrogen) atoms. The molecule has 0 saturated heterocycles. The van der Waals surface area contributed by atoms with Gasteiger partial charge < -0.3 is 19.5 Å². The van der Waals surface area contributed by atoms with E-state index in [0.717, 1.165) is 81.1 Å². The fourth-order valence-electron chi connectivity index (χ4n) is 6.04. The van der Waals surface area contributed by atoms with Gasteiger partial charge in [-0.1, -0.05) is 77.8 Å². The molecule has 3 aromatic carbocycles. The predicted molar refractivity (Wildman–Crippen MR) is 217 cm³/mol. The monoisotopic (exact) mass is 784 g/mol. The van der Waals surface area contributed by atoms with Crippen molar-refractivity contribution in [1.29, 1.82) is 10.5 Å². The lowest BCUT2D eigenvalue weighted by atomic mass is 9.87. The standard InChI is InChI=1S/C44H41BrN4O3S/c1-4-5-24-49(25-9-10-26-50)37-18-16-33(41(28-37)51-31-32-12-7-6-8-13-32)17-19-38-20-21-39(53-38)22-23-40-42(48-3)43(34(29-46)30-47)52-44(40,2)35-14-11-15-36(45)27-35/h6-8,11-23,27-28,50H,4-5,9-10,24-26,31H2,1-2H3/b19-17+,23-22+. The lowest BCUT2D eigenvalue weighted by Gasteiger charge is -2.28. The molecule has 0 fully saturated rings. The number of aliphatic hydroxyl groups excluding tert-OH is 1. The van der Waals surface area contributed by atoms with Gasteiger partial charge in [-0.2, -0.15) is 10.5 Å². The van der Waals surface area contributed by atoms with Gasteiger partial charge in [0.05, 0.1) is 6.57 Å². The Morgan fingerprint density at radius 1 is 0.943 bits per heavy atom. The minimum absolute atomic E-state index is 0.00289. The summed E-state index contributed by atoms with van der Waals surface area (Å²) in [6.45, 7) is 14.5. The molecule has 5 rings (SSSR count). The average Bonchev–Trinajstić information content (AvgIpc) is 3.76. The number of aliphatic hydroxyl groups is 1. The molecule has 4 aromatic rings. The Kier molecular flexibility index (Phi) is 13.9. The van der Waals surface area contributed by atoms with Crippen molar-refractivity contribution in [2.24, 2.45) is 0 Å². The molecule has 0 saturated carbocycles. The van der Waals surface area contributed by atoms with Crippen molar-refractivity contribution in [3.8, 4) is 17.9 Å². The second-order valence-electron chi connectivity index (χ2n) is 12.6. The van der Waals surface area contributed by atoms with Crippen LogP contribution in [0.4, 0.5) is 5.69 Å². The lowest BCUT2D eigenvalue weighted by molar-refractivity contribution is 0.0754. The zero-order valence-electron chi connectivity index (χ0n) is 29.9. The third kappa shape index (κ3) is 9.74. The van der Waals surface area contributed by atoms with Crippen LogP contribution in [0.1, 0.15) is 66.0 Å². The van der Waals surface area contributed by atoms with E-state index in [-0.39, 0.29) is 23.6 Å². The van der Waals surface area contributed by atoms with Crippen molar-refractivity contribution in [2.75, 3.05) is 24.6 Å². The van der Waals surface area contributed by atoms with Crippen molar-refractivity contribution in [3.05, 3.63) is 156 Å². The van der Waals surface area contributed by atoms with Crippen LogP contribution in [0.2, 0.25) is 0 Å². The number of thiophene rings is 1. The van der Waals surface area contributed by atoms with Gasteiger partial charge in [0.15, 0.2) is 11.3 Å². The minimum Gasteiger partial charge on any atom is -0.488 e. The number of hydrogen-bond acceptors (Lipinski definition) is 7. The summed E-state index contributed by atoms with van der Waals surface area (Å²) < 4.78 is 13.6. The lowest BCUT2D eigenvalue weighted by Crippen LogP contribution is -2.25. The van der Waals surface area contributed by atoms with E-state index in [1.807, 2.05) is 85.8 Å². The normalized spacial score (nSPS) is 15.3. The van der Waals surface area contributed by atoms with Crippen LogP contribution in [0.3, 0.4) is 0 Å². The van der Waals surface area contributed by atoms with Gasteiger partial charge in [-0.05, 0) is 91.9 Å². The fourth-order valence-corrected chi connectivity index (χ4v) is 7.25. The van der Waals surface area contributed by atoms with Crippen molar-refractivity contribution in [2.45, 2.75) is 51.7 Å². The number of unbranched alkanes of at least 4 members (excludes halogenated alkanes) is 2. The van der Waals surface area contributed by atoms with Crippen LogP contribution in [0, 0.1) is 29.2 Å². The molecule has 1 aliphatic rings. The number of halogens is 1. The Labute approximate surface area is 325 Å². The maximum Gasteiger partial charge on any atom is 0.237 e. The summed E-state index contributed by atoms with van der Waals surface area (Å²) in [6, 6.07) is 32.0. The molecular weight excluding hydrogens is 744 g/mol. The predicted octanol–water partition coefficient (Wildman–Crippen LogP) is 11.1. The van der Waals surface area contributed by atoms with E-state index in [9.17, 15) is 15.6 Å². The molecule has 0 spiro atoms. The molecule has 1 aromatic heterocycles. The van der Waals surface area contributed by atoms with Gasteiger partial charge in [-0.25, -0.2) is 4.85 Å². The van der Waals surface area contributed by atoms with Gasteiger partial charge >= 0.3 is 0 Å². The van der Waals surface area contributed by atoms with E-state index in [4.69, 9.17) is 16.0 Å². The summed E-state index contributed by atoms with van der Waals surface area (Å²) in [7, 11) is 0. The van der Waals surface area contributed by atoms with Crippen molar-refractivity contribution < 1.29 is 14.6 Å². The van der Waals surface area contributed by atoms with E-state index in [2.05, 4.69) is 75.1 Å². The van der Waals surface area contributed by atoms with Crippen molar-refractivity contribution in [3.63, 3.8) is 0 Å². The van der Waals surface area contributed by atoms with Gasteiger partial charge in [-0.15, -0.1) is 11.3 Å². The van der Waals surface area contributed by atoms with Crippen LogP contribution in [-0.2, 0) is 16.9 Å². The van der Waals surface area contributed by atoms with Crippen molar-refractivity contribution >= 4 is 51.2 Å². The number of allylic oxidation sites excluding steroid dienone is 1. The Morgan fingerprint density at radius 2 is 1.68 bits per heavy atom. The molecule has 268 valence electrons. The average molecular weight is 786 g/mol. The molecular formula is C44H41BrN4O3S. The summed E-state index contributed by atoms with van der Waals surface area (Å²) in [5, 5.41) is 28.6. The smallest absolute Gasteiger partial charge is 0.237 e. The van der Waals surface area contributed by atoms with Gasteiger partial charge in [0.25, 0.3) is 0 Å². The number of hydrogen-bond donors (Lipinski definition) is 1. The van der Waals surface area contributed by atoms with Gasteiger partial charge in [0.2, 0.25) is 5.70 Å². The highest BCUT2D eigenvalue weighted by atomic mass is 79.9. The molecule has 0 radical (unpaired) electrons. The quantitative estimate of drug-likeness (QED) is 0.0691. The first-order valence-electron chi connectivity index (χ1n) is 17.6. The Hall–Kier alpha value is -5.37. The van der Waals surface area contributed by atoms with E-state index < -0.39 is 5.60 Å². The number of anilines is 1. The molecule has 0 bridgehead atoms. The maximum absolute atomic E-state index is 9.64. The summed E-state index contributed by atoms with van der Waals surface area (Å²) in [5.74, 6) is 0.796. The highest BCUT2D eigenvalue weighted by molar-refractivity contribution is 9.10. The summed E-state index contributed by atoms with van der Waals surface area (Å²) >= 11 is 5.13. The first-order chi connectivity index (χ1) is 25.8. The van der Waals surface area contributed by atoms with Gasteiger partial charge in [-0.3, -0.25) is 0 Å². The van der Waals surface area contributed by atoms with Gasteiger partial charge in [0.1, 0.15) is 30.1 Å². The van der Waals surface area contributed by atoms with Crippen LogP contribution >= 0.6 is 27.3 Å². The summed E-state index contributed by atoms with van der Waals surface area (Å²) in [5.41, 5.74) is 3.32. The van der Waals surface area contributed by atoms with Crippen molar-refractivity contribution in [1.82, 2.24) is 0 Å². The molecule has 9 heteroatoms. The fraction of sp³-hybridized carbons (Fsp3) is 0.250. The zero-order chi connectivity index (χ0) is 37.6. The Morgan fingerprint density at radius 3 is 2.36 bits per heavy atom. The second kappa shape index (κ2) is 18.9. The molecule has 7 nitrogen and oxygen atoms in total. The number of ether oxygens (including phenoxy) is 2. The third-order valence-electron chi connectivity index (χ3n) is 8.93. The Bertz CT molecular complexity index is 2130. The van der Waals surface area contributed by atoms with Crippen LogP contribution in [0.15, 0.2) is 118 Å². The highest BCUT2D eigenvalue weighted by Crippen LogP contribution is 2.48. The van der Waals surface area contributed by atoms with E-state index >= 15 is 0 Å². The van der Waals surface area contributed by atoms with E-state index in [1.54, 1.807) is 11.3 Å². The highest BCUT2D eigenvalue weighted by Gasteiger charge is 2.43. The summed E-state index contributed by atoms with van der Waals surface area (Å²) in [6.07, 6.45) is 11.8.